The van der Waals surface area contributed by atoms with E-state index in [4.69, 9.17) is 0 Å². The zero-order chi connectivity index (χ0) is 20.1. The summed E-state index contributed by atoms with van der Waals surface area (Å²) in [6, 6.07) is 15.5. The number of carbonyl (C=O) groups is 2. The van der Waals surface area contributed by atoms with Gasteiger partial charge in [0, 0.05) is 24.2 Å². The van der Waals surface area contributed by atoms with Gasteiger partial charge in [0.1, 0.15) is 6.54 Å². The lowest BCUT2D eigenvalue weighted by molar-refractivity contribution is -0.120. The third kappa shape index (κ3) is 4.03. The average molecular weight is 375 g/mol. The van der Waals surface area contributed by atoms with Gasteiger partial charge in [0.05, 0.1) is 11.2 Å². The van der Waals surface area contributed by atoms with Crippen molar-refractivity contribution in [1.82, 2.24) is 4.98 Å². The molecule has 0 aliphatic heterocycles. The summed E-state index contributed by atoms with van der Waals surface area (Å²) in [5.41, 5.74) is 4.39. The second kappa shape index (κ2) is 8.65. The molecule has 2 aromatic carbocycles. The highest BCUT2D eigenvalue weighted by Crippen LogP contribution is 2.26. The highest BCUT2D eigenvalue weighted by atomic mass is 16.2. The van der Waals surface area contributed by atoms with Crippen LogP contribution < -0.4 is 10.2 Å². The van der Waals surface area contributed by atoms with Gasteiger partial charge >= 0.3 is 0 Å². The zero-order valence-corrected chi connectivity index (χ0v) is 16.5. The number of hydrogen-bond acceptors (Lipinski definition) is 3. The molecule has 5 heteroatoms. The summed E-state index contributed by atoms with van der Waals surface area (Å²) in [6.07, 6.45) is 3.34. The Morgan fingerprint density at radius 3 is 2.25 bits per heavy atom. The van der Waals surface area contributed by atoms with Crippen LogP contribution in [-0.4, -0.2) is 23.3 Å². The van der Waals surface area contributed by atoms with Crippen molar-refractivity contribution < 1.29 is 9.59 Å². The average Bonchev–Trinajstić information content (AvgIpc) is 2.71. The summed E-state index contributed by atoms with van der Waals surface area (Å²) in [4.78, 5) is 31.1. The van der Waals surface area contributed by atoms with Crippen LogP contribution in [0.4, 0.5) is 11.4 Å². The van der Waals surface area contributed by atoms with Crippen LogP contribution in [0.15, 0.2) is 54.7 Å². The summed E-state index contributed by atoms with van der Waals surface area (Å²) in [5, 5.41) is 3.96. The minimum absolute atomic E-state index is 0.0633. The number of pyridine rings is 1. The maximum atomic E-state index is 12.8. The standard InChI is InChI=1S/C23H25N3O2/c1-4-17-9-6-10-18(5-2)22(17)25-21(28)15-26(16(3)27)20-13-7-11-19-12-8-14-24-23(19)20/h6-14H,4-5,15H2,1-3H3,(H,25,28). The molecule has 1 N–H and O–H groups in total. The van der Waals surface area contributed by atoms with Gasteiger partial charge in [-0.15, -0.1) is 0 Å². The molecule has 0 unspecified atom stereocenters. The number of aromatic nitrogens is 1. The molecular formula is C23H25N3O2. The van der Waals surface area contributed by atoms with Crippen LogP contribution in [0.5, 0.6) is 0 Å². The van der Waals surface area contributed by atoms with Gasteiger partial charge in [-0.25, -0.2) is 0 Å². The second-order valence-corrected chi connectivity index (χ2v) is 6.66. The first-order valence-corrected chi connectivity index (χ1v) is 9.57. The first kappa shape index (κ1) is 19.5. The van der Waals surface area contributed by atoms with Gasteiger partial charge in [-0.1, -0.05) is 50.2 Å². The number of carbonyl (C=O) groups excluding carboxylic acids is 2. The molecule has 0 radical (unpaired) electrons. The smallest absolute Gasteiger partial charge is 0.244 e. The van der Waals surface area contributed by atoms with E-state index in [9.17, 15) is 9.59 Å². The van der Waals surface area contributed by atoms with E-state index >= 15 is 0 Å². The summed E-state index contributed by atoms with van der Waals surface area (Å²) in [6.45, 7) is 5.53. The lowest BCUT2D eigenvalue weighted by Gasteiger charge is -2.23. The van der Waals surface area contributed by atoms with Crippen LogP contribution in [0.25, 0.3) is 10.9 Å². The molecule has 0 bridgehead atoms. The van der Waals surface area contributed by atoms with Crippen LogP contribution in [0.2, 0.25) is 0 Å². The van der Waals surface area contributed by atoms with E-state index in [0.717, 1.165) is 35.0 Å². The summed E-state index contributed by atoms with van der Waals surface area (Å²) < 4.78 is 0. The SMILES string of the molecule is CCc1cccc(CC)c1NC(=O)CN(C(C)=O)c1cccc2cccnc12. The van der Waals surface area contributed by atoms with Crippen molar-refractivity contribution in [3.05, 3.63) is 65.9 Å². The van der Waals surface area contributed by atoms with E-state index in [1.54, 1.807) is 6.20 Å². The topological polar surface area (TPSA) is 62.3 Å². The molecule has 3 aromatic rings. The molecular weight excluding hydrogens is 350 g/mol. The molecule has 144 valence electrons. The number of nitrogens with zero attached hydrogens (tertiary/aromatic N) is 2. The molecule has 0 aliphatic carbocycles. The quantitative estimate of drug-likeness (QED) is 0.697. The molecule has 0 spiro atoms. The number of benzene rings is 2. The number of aryl methyl sites for hydroxylation is 2. The van der Waals surface area contributed by atoms with Crippen molar-refractivity contribution in [2.24, 2.45) is 0 Å². The van der Waals surface area contributed by atoms with E-state index < -0.39 is 0 Å². The molecule has 3 rings (SSSR count). The Bertz CT molecular complexity index is 986. The number of hydrogen-bond donors (Lipinski definition) is 1. The van der Waals surface area contributed by atoms with Gasteiger partial charge in [0.25, 0.3) is 0 Å². The normalized spacial score (nSPS) is 10.7. The Morgan fingerprint density at radius 1 is 0.964 bits per heavy atom. The van der Waals surface area contributed by atoms with Crippen molar-refractivity contribution in [1.29, 1.82) is 0 Å². The fourth-order valence-electron chi connectivity index (χ4n) is 3.40. The van der Waals surface area contributed by atoms with Crippen molar-refractivity contribution >= 4 is 34.1 Å². The number of fused-ring (bicyclic) bond motifs is 1. The Balaban J connectivity index is 1.90. The predicted octanol–water partition coefficient (Wildman–Crippen LogP) is 4.35. The Hall–Kier alpha value is -3.21. The van der Waals surface area contributed by atoms with Gasteiger partial charge in [-0.05, 0) is 36.1 Å². The van der Waals surface area contributed by atoms with Gasteiger partial charge in [0.15, 0.2) is 0 Å². The third-order valence-electron chi connectivity index (χ3n) is 4.85. The van der Waals surface area contributed by atoms with E-state index in [-0.39, 0.29) is 18.4 Å². The number of nitrogens with one attached hydrogen (secondary N) is 1. The second-order valence-electron chi connectivity index (χ2n) is 6.66. The number of amides is 2. The van der Waals surface area contributed by atoms with Crippen LogP contribution in [-0.2, 0) is 22.4 Å². The van der Waals surface area contributed by atoms with Crippen molar-refractivity contribution in [3.8, 4) is 0 Å². The largest absolute Gasteiger partial charge is 0.324 e. The highest BCUT2D eigenvalue weighted by Gasteiger charge is 2.19. The molecule has 5 nitrogen and oxygen atoms in total. The number of anilines is 2. The molecule has 1 heterocycles. The lowest BCUT2D eigenvalue weighted by Crippen LogP contribution is -2.37. The van der Waals surface area contributed by atoms with Crippen LogP contribution in [0, 0.1) is 0 Å². The van der Waals surface area contributed by atoms with Crippen LogP contribution >= 0.6 is 0 Å². The molecule has 1 aromatic heterocycles. The van der Waals surface area contributed by atoms with E-state index in [1.165, 1.54) is 11.8 Å². The lowest BCUT2D eigenvalue weighted by atomic mass is 10.0. The maximum Gasteiger partial charge on any atom is 0.244 e. The first-order chi connectivity index (χ1) is 13.5. The molecule has 0 saturated carbocycles. The molecule has 0 atom stereocenters. The van der Waals surface area contributed by atoms with Crippen molar-refractivity contribution in [2.45, 2.75) is 33.6 Å². The Labute approximate surface area is 165 Å². The molecule has 28 heavy (non-hydrogen) atoms. The minimum Gasteiger partial charge on any atom is -0.324 e. The minimum atomic E-state index is -0.223. The molecule has 2 amide bonds. The monoisotopic (exact) mass is 375 g/mol. The zero-order valence-electron chi connectivity index (χ0n) is 16.5. The van der Waals surface area contributed by atoms with E-state index in [2.05, 4.69) is 24.1 Å². The van der Waals surface area contributed by atoms with Gasteiger partial charge in [-0.3, -0.25) is 14.6 Å². The maximum absolute atomic E-state index is 12.8. The summed E-state index contributed by atoms with van der Waals surface area (Å²) in [5.74, 6) is -0.425. The van der Waals surface area contributed by atoms with Crippen LogP contribution in [0.1, 0.15) is 31.9 Å². The third-order valence-corrected chi connectivity index (χ3v) is 4.85. The van der Waals surface area contributed by atoms with Crippen molar-refractivity contribution in [2.75, 3.05) is 16.8 Å². The van der Waals surface area contributed by atoms with Gasteiger partial charge in [0.2, 0.25) is 11.8 Å². The van der Waals surface area contributed by atoms with Gasteiger partial charge in [-0.2, -0.15) is 0 Å². The first-order valence-electron chi connectivity index (χ1n) is 9.57. The Morgan fingerprint density at radius 2 is 1.61 bits per heavy atom. The summed E-state index contributed by atoms with van der Waals surface area (Å²) in [7, 11) is 0. The van der Waals surface area contributed by atoms with Crippen LogP contribution in [0.3, 0.4) is 0 Å². The van der Waals surface area contributed by atoms with Crippen molar-refractivity contribution in [3.63, 3.8) is 0 Å². The van der Waals surface area contributed by atoms with E-state index in [1.807, 2.05) is 48.5 Å². The molecule has 0 aliphatic rings. The fourth-order valence-corrected chi connectivity index (χ4v) is 3.40. The highest BCUT2D eigenvalue weighted by molar-refractivity contribution is 6.06. The predicted molar refractivity (Wildman–Crippen MR) is 114 cm³/mol. The molecule has 0 fully saturated rings. The molecule has 0 saturated heterocycles. The van der Waals surface area contributed by atoms with E-state index in [0.29, 0.717) is 11.2 Å². The van der Waals surface area contributed by atoms with Gasteiger partial charge < -0.3 is 10.2 Å². The summed E-state index contributed by atoms with van der Waals surface area (Å²) >= 11 is 0. The fraction of sp³-hybridized carbons (Fsp3) is 0.261. The number of para-hydroxylation sites is 2. The Kier molecular flexibility index (Phi) is 6.04. The number of rotatable bonds is 6.